The quantitative estimate of drug-likeness (QED) is 0.667. The minimum absolute atomic E-state index is 0.168. The fourth-order valence-corrected chi connectivity index (χ4v) is 4.31. The molecule has 2 heterocycles. The van der Waals surface area contributed by atoms with Crippen molar-refractivity contribution in [3.8, 4) is 11.3 Å². The molecule has 4 rings (SSSR count). The number of nitrogens with one attached hydrogen (secondary N) is 1. The molecule has 0 spiro atoms. The van der Waals surface area contributed by atoms with Crippen molar-refractivity contribution in [2.45, 2.75) is 6.04 Å². The lowest BCUT2D eigenvalue weighted by molar-refractivity contribution is -0.122. The van der Waals surface area contributed by atoms with Crippen LogP contribution in [0, 0.1) is 11.6 Å². The van der Waals surface area contributed by atoms with Crippen LogP contribution in [-0.2, 0) is 4.79 Å². The molecule has 1 aliphatic heterocycles. The van der Waals surface area contributed by atoms with Crippen LogP contribution in [0.2, 0.25) is 0 Å². The maximum absolute atomic E-state index is 14.1. The average Bonchev–Trinajstić information content (AvgIpc) is 3.18. The Morgan fingerprint density at radius 3 is 2.37 bits per heavy atom. The van der Waals surface area contributed by atoms with Crippen LogP contribution in [0.3, 0.4) is 0 Å². The van der Waals surface area contributed by atoms with Gasteiger partial charge in [-0.15, -0.1) is 11.3 Å². The second-order valence-electron chi connectivity index (χ2n) is 7.28. The number of hydrogen-bond acceptors (Lipinski definition) is 5. The molecule has 1 saturated heterocycles. The third-order valence-corrected chi connectivity index (χ3v) is 5.98. The molecule has 1 aromatic heterocycles. The minimum atomic E-state index is -0.683. The predicted octanol–water partition coefficient (Wildman–Crippen LogP) is 4.02. The van der Waals surface area contributed by atoms with Gasteiger partial charge >= 0.3 is 0 Å². The number of thiazole rings is 1. The van der Waals surface area contributed by atoms with E-state index in [0.717, 1.165) is 43.1 Å². The van der Waals surface area contributed by atoms with Gasteiger partial charge in [0.1, 0.15) is 17.7 Å². The first-order chi connectivity index (χ1) is 14.5. The van der Waals surface area contributed by atoms with Crippen molar-refractivity contribution in [1.82, 2.24) is 14.8 Å². The lowest BCUT2D eigenvalue weighted by Crippen LogP contribution is -2.48. The summed E-state index contributed by atoms with van der Waals surface area (Å²) < 4.78 is 28.1. The highest BCUT2D eigenvalue weighted by Crippen LogP contribution is 2.30. The van der Waals surface area contributed by atoms with Crippen molar-refractivity contribution in [3.05, 3.63) is 71.1 Å². The van der Waals surface area contributed by atoms with Crippen molar-refractivity contribution in [1.29, 1.82) is 0 Å². The summed E-state index contributed by atoms with van der Waals surface area (Å²) in [7, 11) is 2.06. The molecule has 1 atom stereocenters. The zero-order chi connectivity index (χ0) is 21.1. The van der Waals surface area contributed by atoms with Crippen LogP contribution in [0.4, 0.5) is 13.9 Å². The van der Waals surface area contributed by atoms with Crippen LogP contribution >= 0.6 is 11.3 Å². The van der Waals surface area contributed by atoms with E-state index >= 15 is 0 Å². The SMILES string of the molecule is CN1CCN(C(C(=O)Nc2nc(-c3c(F)cccc3F)cs2)c2ccccc2)CC1. The van der Waals surface area contributed by atoms with E-state index in [0.29, 0.717) is 5.13 Å². The molecule has 5 nitrogen and oxygen atoms in total. The summed E-state index contributed by atoms with van der Waals surface area (Å²) in [5.41, 5.74) is 0.881. The van der Waals surface area contributed by atoms with Gasteiger partial charge in [-0.2, -0.15) is 0 Å². The topological polar surface area (TPSA) is 48.5 Å². The molecule has 0 aliphatic carbocycles. The number of nitrogens with zero attached hydrogens (tertiary/aromatic N) is 3. The number of hydrogen-bond donors (Lipinski definition) is 1. The van der Waals surface area contributed by atoms with Crippen LogP contribution < -0.4 is 5.32 Å². The van der Waals surface area contributed by atoms with Gasteiger partial charge in [-0.05, 0) is 24.7 Å². The van der Waals surface area contributed by atoms with E-state index in [4.69, 9.17) is 0 Å². The fraction of sp³-hybridized carbons (Fsp3) is 0.273. The Morgan fingerprint density at radius 1 is 1.03 bits per heavy atom. The smallest absolute Gasteiger partial charge is 0.248 e. The maximum atomic E-state index is 14.1. The van der Waals surface area contributed by atoms with Gasteiger partial charge in [0.15, 0.2) is 5.13 Å². The molecule has 1 fully saturated rings. The fourth-order valence-electron chi connectivity index (χ4n) is 3.61. The summed E-state index contributed by atoms with van der Waals surface area (Å²) in [5.74, 6) is -1.57. The Morgan fingerprint density at radius 2 is 1.70 bits per heavy atom. The molecule has 3 aromatic rings. The molecule has 1 amide bonds. The molecule has 8 heteroatoms. The van der Waals surface area contributed by atoms with Gasteiger partial charge in [-0.3, -0.25) is 9.69 Å². The van der Waals surface area contributed by atoms with E-state index < -0.39 is 17.7 Å². The summed E-state index contributed by atoms with van der Waals surface area (Å²) in [6, 6.07) is 12.8. The van der Waals surface area contributed by atoms with Gasteiger partial charge in [-0.25, -0.2) is 13.8 Å². The largest absolute Gasteiger partial charge is 0.304 e. The number of piperazine rings is 1. The van der Waals surface area contributed by atoms with E-state index in [9.17, 15) is 13.6 Å². The van der Waals surface area contributed by atoms with Crippen molar-refractivity contribution in [3.63, 3.8) is 0 Å². The molecule has 1 N–H and O–H groups in total. The minimum Gasteiger partial charge on any atom is -0.304 e. The molecule has 156 valence electrons. The van der Waals surface area contributed by atoms with E-state index in [1.54, 1.807) is 5.38 Å². The summed E-state index contributed by atoms with van der Waals surface area (Å²) in [5, 5.41) is 4.71. The molecule has 2 aromatic carbocycles. The number of benzene rings is 2. The van der Waals surface area contributed by atoms with Crippen molar-refractivity contribution < 1.29 is 13.6 Å². The number of carbonyl (C=O) groups excluding carboxylic acids is 1. The summed E-state index contributed by atoms with van der Waals surface area (Å²) >= 11 is 1.15. The van der Waals surface area contributed by atoms with Crippen LogP contribution in [0.25, 0.3) is 11.3 Å². The lowest BCUT2D eigenvalue weighted by Gasteiger charge is -2.37. The average molecular weight is 429 g/mol. The first-order valence-corrected chi connectivity index (χ1v) is 10.6. The second-order valence-corrected chi connectivity index (χ2v) is 8.13. The number of halogens is 2. The highest BCUT2D eigenvalue weighted by atomic mass is 32.1. The maximum Gasteiger partial charge on any atom is 0.248 e. The van der Waals surface area contributed by atoms with Crippen molar-refractivity contribution in [2.75, 3.05) is 38.5 Å². The van der Waals surface area contributed by atoms with Crippen LogP contribution in [-0.4, -0.2) is 53.9 Å². The Kier molecular flexibility index (Phi) is 6.17. The van der Waals surface area contributed by atoms with Crippen molar-refractivity contribution >= 4 is 22.4 Å². The number of rotatable bonds is 5. The van der Waals surface area contributed by atoms with Crippen LogP contribution in [0.1, 0.15) is 11.6 Å². The Balaban J connectivity index is 1.57. The van der Waals surface area contributed by atoms with Gasteiger partial charge in [-0.1, -0.05) is 36.4 Å². The first kappa shape index (κ1) is 20.6. The highest BCUT2D eigenvalue weighted by Gasteiger charge is 2.30. The molecule has 1 unspecified atom stereocenters. The molecule has 0 saturated carbocycles. The Labute approximate surface area is 178 Å². The second kappa shape index (κ2) is 8.99. The molecular formula is C22H22F2N4OS. The summed E-state index contributed by atoms with van der Waals surface area (Å²) in [6.07, 6.45) is 0. The predicted molar refractivity (Wildman–Crippen MR) is 114 cm³/mol. The van der Waals surface area contributed by atoms with Gasteiger partial charge in [0.05, 0.1) is 11.3 Å². The normalized spacial score (nSPS) is 16.4. The van der Waals surface area contributed by atoms with E-state index in [1.807, 2.05) is 30.3 Å². The standard InChI is InChI=1S/C22H22F2N4OS/c1-27-10-12-28(13-11-27)20(15-6-3-2-4-7-15)21(29)26-22-25-18(14-30-22)19-16(23)8-5-9-17(19)24/h2-9,14,20H,10-13H2,1H3,(H,25,26,29). The molecule has 30 heavy (non-hydrogen) atoms. The number of amides is 1. The Hall–Kier alpha value is -2.68. The van der Waals surface area contributed by atoms with Crippen LogP contribution in [0.5, 0.6) is 0 Å². The summed E-state index contributed by atoms with van der Waals surface area (Å²) in [4.78, 5) is 21.9. The van der Waals surface area contributed by atoms with E-state index in [-0.39, 0.29) is 17.2 Å². The van der Waals surface area contributed by atoms with Crippen LogP contribution in [0.15, 0.2) is 53.9 Å². The number of anilines is 1. The van der Waals surface area contributed by atoms with Gasteiger partial charge in [0.25, 0.3) is 0 Å². The molecule has 0 bridgehead atoms. The monoisotopic (exact) mass is 428 g/mol. The third kappa shape index (κ3) is 4.40. The molecule has 0 radical (unpaired) electrons. The van der Waals surface area contributed by atoms with Gasteiger partial charge in [0.2, 0.25) is 5.91 Å². The highest BCUT2D eigenvalue weighted by molar-refractivity contribution is 7.14. The number of aromatic nitrogens is 1. The first-order valence-electron chi connectivity index (χ1n) is 9.71. The van der Waals surface area contributed by atoms with Crippen molar-refractivity contribution in [2.24, 2.45) is 0 Å². The third-order valence-electron chi connectivity index (χ3n) is 5.22. The Bertz CT molecular complexity index is 999. The molecular weight excluding hydrogens is 406 g/mol. The van der Waals surface area contributed by atoms with Gasteiger partial charge < -0.3 is 10.2 Å². The van der Waals surface area contributed by atoms with Gasteiger partial charge in [0, 0.05) is 31.6 Å². The van der Waals surface area contributed by atoms with E-state index in [2.05, 4.69) is 27.1 Å². The summed E-state index contributed by atoms with van der Waals surface area (Å²) in [6.45, 7) is 3.30. The zero-order valence-electron chi connectivity index (χ0n) is 16.5. The number of carbonyl (C=O) groups is 1. The zero-order valence-corrected chi connectivity index (χ0v) is 17.3. The van der Waals surface area contributed by atoms with E-state index in [1.165, 1.54) is 18.2 Å². The lowest BCUT2D eigenvalue weighted by atomic mass is 10.0. The number of likely N-dealkylation sites (N-methyl/N-ethyl adjacent to an activating group) is 1. The molecule has 1 aliphatic rings.